The number of hydrogen-bond donors (Lipinski definition) is 0. The molecule has 3 nitrogen and oxygen atoms in total. The molecule has 1 rings (SSSR count). The third kappa shape index (κ3) is 4.05. The summed E-state index contributed by atoms with van der Waals surface area (Å²) in [5, 5.41) is 0.0872. The van der Waals surface area contributed by atoms with Crippen molar-refractivity contribution in [1.82, 2.24) is 0 Å². The molecule has 0 N–H and O–H groups in total. The summed E-state index contributed by atoms with van der Waals surface area (Å²) in [6, 6.07) is 2.82. The Kier molecular flexibility index (Phi) is 5.62. The predicted molar refractivity (Wildman–Crippen MR) is 69.6 cm³/mol. The Labute approximate surface area is 117 Å². The van der Waals surface area contributed by atoms with Gasteiger partial charge in [0.25, 0.3) is 0 Å². The van der Waals surface area contributed by atoms with Crippen LogP contribution >= 0.6 is 23.5 Å². The Balaban J connectivity index is 3.24. The molecule has 0 heterocycles. The van der Waals surface area contributed by atoms with E-state index in [0.29, 0.717) is 0 Å². The maximum Gasteiger partial charge on any atom is 0.416 e. The summed E-state index contributed by atoms with van der Waals surface area (Å²) in [5.41, 5.74) is -0.831. The Morgan fingerprint density at radius 2 is 1.74 bits per heavy atom. The average Bonchev–Trinajstić information content (AvgIpc) is 2.28. The van der Waals surface area contributed by atoms with Gasteiger partial charge in [-0.15, -0.1) is 0 Å². The van der Waals surface area contributed by atoms with E-state index in [4.69, 9.17) is 9.05 Å². The fourth-order valence-corrected chi connectivity index (χ4v) is 4.07. The summed E-state index contributed by atoms with van der Waals surface area (Å²) in [5.74, 6) is 0. The molecule has 0 amide bonds. The van der Waals surface area contributed by atoms with Gasteiger partial charge in [0.05, 0.1) is 24.1 Å². The first-order chi connectivity index (χ1) is 8.74. The van der Waals surface area contributed by atoms with Crippen LogP contribution in [-0.2, 0) is 19.8 Å². The highest BCUT2D eigenvalue weighted by molar-refractivity contribution is 9.10. The molecule has 0 fully saturated rings. The quantitative estimate of drug-likeness (QED) is 0.732. The third-order valence-electron chi connectivity index (χ3n) is 2.17. The highest BCUT2D eigenvalue weighted by atomic mass is 79.9. The van der Waals surface area contributed by atoms with Crippen molar-refractivity contribution in [3.63, 3.8) is 0 Å². The Hall–Kier alpha value is -0.360. The van der Waals surface area contributed by atoms with Crippen molar-refractivity contribution >= 4 is 28.8 Å². The van der Waals surface area contributed by atoms with Crippen LogP contribution in [0.5, 0.6) is 0 Å². The summed E-state index contributed by atoms with van der Waals surface area (Å²) in [7, 11) is -3.60. The second-order valence-electron chi connectivity index (χ2n) is 3.50. The zero-order chi connectivity index (χ0) is 14.7. The molecule has 0 radical (unpaired) electrons. The van der Waals surface area contributed by atoms with Gasteiger partial charge in [-0.05, 0) is 48.0 Å². The molecule has 0 aromatic heterocycles. The molecule has 0 atom stereocenters. The van der Waals surface area contributed by atoms with E-state index in [1.165, 1.54) is 0 Å². The van der Waals surface area contributed by atoms with E-state index < -0.39 is 19.3 Å². The minimum absolute atomic E-state index is 0.0487. The lowest BCUT2D eigenvalue weighted by Gasteiger charge is -2.19. The van der Waals surface area contributed by atoms with Crippen LogP contribution in [0.25, 0.3) is 0 Å². The minimum Gasteiger partial charge on any atom is -0.305 e. The van der Waals surface area contributed by atoms with Gasteiger partial charge in [0.15, 0.2) is 0 Å². The largest absolute Gasteiger partial charge is 0.416 e. The number of benzene rings is 1. The summed E-state index contributed by atoms with van der Waals surface area (Å²) < 4.78 is 60.3. The molecule has 0 spiro atoms. The van der Waals surface area contributed by atoms with Crippen LogP contribution in [0.2, 0.25) is 0 Å². The second kappa shape index (κ2) is 6.39. The Morgan fingerprint density at radius 3 is 2.11 bits per heavy atom. The van der Waals surface area contributed by atoms with E-state index in [1.54, 1.807) is 13.8 Å². The van der Waals surface area contributed by atoms with Crippen LogP contribution in [0.4, 0.5) is 13.2 Å². The van der Waals surface area contributed by atoms with E-state index in [-0.39, 0.29) is 23.0 Å². The average molecular weight is 361 g/mol. The smallest absolute Gasteiger partial charge is 0.305 e. The van der Waals surface area contributed by atoms with Gasteiger partial charge in [0.2, 0.25) is 0 Å². The van der Waals surface area contributed by atoms with Gasteiger partial charge < -0.3 is 9.05 Å². The molecule has 0 saturated heterocycles. The monoisotopic (exact) mass is 360 g/mol. The lowest BCUT2D eigenvalue weighted by Crippen LogP contribution is -2.14. The van der Waals surface area contributed by atoms with Crippen molar-refractivity contribution in [2.45, 2.75) is 20.0 Å². The molecule has 1 aromatic carbocycles. The van der Waals surface area contributed by atoms with E-state index in [2.05, 4.69) is 15.9 Å². The molecule has 0 aliphatic rings. The number of halogens is 4. The Morgan fingerprint density at radius 1 is 1.21 bits per heavy atom. The third-order valence-corrected chi connectivity index (χ3v) is 5.31. The molecule has 8 heteroatoms. The lowest BCUT2D eigenvalue weighted by atomic mass is 10.2. The van der Waals surface area contributed by atoms with Gasteiger partial charge in [-0.3, -0.25) is 4.57 Å². The zero-order valence-corrected chi connectivity index (χ0v) is 12.8. The van der Waals surface area contributed by atoms with E-state index in [1.807, 2.05) is 0 Å². The van der Waals surface area contributed by atoms with Crippen LogP contribution in [-0.4, -0.2) is 13.2 Å². The maximum atomic E-state index is 12.5. The van der Waals surface area contributed by atoms with Gasteiger partial charge in [-0.25, -0.2) is 0 Å². The summed E-state index contributed by atoms with van der Waals surface area (Å²) in [6.45, 7) is 3.52. The highest BCUT2D eigenvalue weighted by Crippen LogP contribution is 2.49. The fraction of sp³-hybridized carbons (Fsp3) is 0.455. The summed E-state index contributed by atoms with van der Waals surface area (Å²) >= 11 is 2.98. The highest BCUT2D eigenvalue weighted by Gasteiger charge is 2.34. The standard InChI is InChI=1S/C11H13BrF3O3P/c1-3-17-19(16,18-4-2)10-6-5-8(7-9(10)12)11(13,14)15/h5-7H,3-4H2,1-2H3. The van der Waals surface area contributed by atoms with E-state index in [0.717, 1.165) is 18.2 Å². The fourth-order valence-electron chi connectivity index (χ4n) is 1.42. The summed E-state index contributed by atoms with van der Waals surface area (Å²) in [6.07, 6.45) is -4.46. The van der Waals surface area contributed by atoms with Crippen LogP contribution in [0, 0.1) is 0 Å². The second-order valence-corrected chi connectivity index (χ2v) is 6.34. The first-order valence-corrected chi connectivity index (χ1v) is 7.84. The van der Waals surface area contributed by atoms with E-state index >= 15 is 0 Å². The Bertz CT molecular complexity index is 481. The minimum atomic E-state index is -4.46. The van der Waals surface area contributed by atoms with Gasteiger partial charge >= 0.3 is 13.8 Å². The van der Waals surface area contributed by atoms with Crippen molar-refractivity contribution < 1.29 is 26.8 Å². The zero-order valence-electron chi connectivity index (χ0n) is 10.3. The predicted octanol–water partition coefficient (Wildman–Crippen LogP) is 4.36. The number of hydrogen-bond acceptors (Lipinski definition) is 3. The van der Waals surface area contributed by atoms with Gasteiger partial charge in [0, 0.05) is 4.47 Å². The van der Waals surface area contributed by atoms with E-state index in [9.17, 15) is 17.7 Å². The molecule has 0 saturated carbocycles. The first-order valence-electron chi connectivity index (χ1n) is 5.51. The molecular weight excluding hydrogens is 348 g/mol. The van der Waals surface area contributed by atoms with Crippen molar-refractivity contribution in [2.24, 2.45) is 0 Å². The van der Waals surface area contributed by atoms with Crippen molar-refractivity contribution in [3.8, 4) is 0 Å². The van der Waals surface area contributed by atoms with Gasteiger partial charge in [0.1, 0.15) is 0 Å². The molecule has 1 aromatic rings. The number of rotatable bonds is 5. The molecule has 0 bridgehead atoms. The van der Waals surface area contributed by atoms with Crippen molar-refractivity contribution in [1.29, 1.82) is 0 Å². The normalized spacial score (nSPS) is 12.7. The molecule has 19 heavy (non-hydrogen) atoms. The van der Waals surface area contributed by atoms with Crippen molar-refractivity contribution in [2.75, 3.05) is 13.2 Å². The number of alkyl halides is 3. The molecule has 108 valence electrons. The molecular formula is C11H13BrF3O3P. The van der Waals surface area contributed by atoms with Crippen LogP contribution in [0.15, 0.2) is 22.7 Å². The molecule has 0 unspecified atom stereocenters. The molecule has 0 aliphatic carbocycles. The summed E-state index contributed by atoms with van der Waals surface area (Å²) in [4.78, 5) is 0. The topological polar surface area (TPSA) is 35.5 Å². The first kappa shape index (κ1) is 16.7. The van der Waals surface area contributed by atoms with Gasteiger partial charge in [-0.2, -0.15) is 13.2 Å². The SMILES string of the molecule is CCOP(=O)(OCC)c1ccc(C(F)(F)F)cc1Br. The van der Waals surface area contributed by atoms with Crippen molar-refractivity contribution in [3.05, 3.63) is 28.2 Å². The lowest BCUT2D eigenvalue weighted by molar-refractivity contribution is -0.137. The van der Waals surface area contributed by atoms with Crippen LogP contribution in [0.1, 0.15) is 19.4 Å². The van der Waals surface area contributed by atoms with Crippen LogP contribution in [0.3, 0.4) is 0 Å². The van der Waals surface area contributed by atoms with Crippen LogP contribution < -0.4 is 5.30 Å². The van der Waals surface area contributed by atoms with Gasteiger partial charge in [-0.1, -0.05) is 0 Å². The maximum absolute atomic E-state index is 12.5. The molecule has 0 aliphatic heterocycles.